The summed E-state index contributed by atoms with van der Waals surface area (Å²) in [5.74, 6) is -22.1. The fraction of sp³-hybridized carbons (Fsp3) is 0.333. The van der Waals surface area contributed by atoms with Gasteiger partial charge in [0.2, 0.25) is 11.6 Å². The molecule has 0 aliphatic rings. The summed E-state index contributed by atoms with van der Waals surface area (Å²) in [5, 5.41) is -3.06. The fourth-order valence-corrected chi connectivity index (χ4v) is 4.21. The van der Waals surface area contributed by atoms with Gasteiger partial charge in [-0.15, -0.1) is 11.8 Å². The van der Waals surface area contributed by atoms with Crippen LogP contribution in [-0.4, -0.2) is 0 Å². The molecule has 0 N–H and O–H groups in total. The Kier molecular flexibility index (Phi) is 7.13. The fourth-order valence-electron chi connectivity index (χ4n) is 2.74. The summed E-state index contributed by atoms with van der Waals surface area (Å²) in [6, 6.07) is 0. The number of benzene rings is 2. The van der Waals surface area contributed by atoms with Crippen LogP contribution < -0.4 is 0 Å². The van der Waals surface area contributed by atoms with E-state index in [1.165, 1.54) is 13.8 Å². The summed E-state index contributed by atoms with van der Waals surface area (Å²) < 4.78 is 137. The van der Waals surface area contributed by atoms with E-state index in [2.05, 4.69) is 0 Å². The Labute approximate surface area is 162 Å². The van der Waals surface area contributed by atoms with Crippen molar-refractivity contribution in [1.29, 1.82) is 0 Å². The van der Waals surface area contributed by atoms with Crippen molar-refractivity contribution in [2.24, 2.45) is 0 Å². The molecule has 2 unspecified atom stereocenters. The molecule has 29 heavy (non-hydrogen) atoms. The van der Waals surface area contributed by atoms with Crippen LogP contribution in [0.3, 0.4) is 0 Å². The molecule has 0 fully saturated rings. The van der Waals surface area contributed by atoms with Gasteiger partial charge < -0.3 is 0 Å². The van der Waals surface area contributed by atoms with Gasteiger partial charge in [-0.2, -0.15) is 0 Å². The van der Waals surface area contributed by atoms with Gasteiger partial charge in [0.15, 0.2) is 46.5 Å². The minimum atomic E-state index is -2.38. The Morgan fingerprint density at radius 1 is 0.448 bits per heavy atom. The quantitative estimate of drug-likeness (QED) is 0.251. The topological polar surface area (TPSA) is 0 Å². The third kappa shape index (κ3) is 3.93. The molecule has 160 valence electrons. The van der Waals surface area contributed by atoms with Gasteiger partial charge in [0, 0.05) is 21.6 Å². The van der Waals surface area contributed by atoms with Crippen molar-refractivity contribution in [1.82, 2.24) is 0 Å². The Balaban J connectivity index is 2.60. The first-order valence-corrected chi connectivity index (χ1v) is 9.11. The zero-order chi connectivity index (χ0) is 22.2. The van der Waals surface area contributed by atoms with Crippen LogP contribution in [-0.2, 0) is 0 Å². The van der Waals surface area contributed by atoms with Crippen LogP contribution in [0.1, 0.15) is 48.3 Å². The molecule has 0 aliphatic heterocycles. The van der Waals surface area contributed by atoms with E-state index in [4.69, 9.17) is 0 Å². The molecule has 0 aliphatic carbocycles. The molecular weight excluding hydrogens is 438 g/mol. The highest BCUT2D eigenvalue weighted by molar-refractivity contribution is 7.99. The second-order valence-corrected chi connectivity index (χ2v) is 7.31. The molecule has 0 nitrogen and oxygen atoms in total. The predicted octanol–water partition coefficient (Wildman–Crippen LogP) is 7.41. The van der Waals surface area contributed by atoms with E-state index in [0.29, 0.717) is 11.8 Å². The third-order valence-electron chi connectivity index (χ3n) is 4.20. The number of hydrogen-bond donors (Lipinski definition) is 0. The summed E-state index contributed by atoms with van der Waals surface area (Å²) in [4.78, 5) is 0. The molecule has 11 heteroatoms. The molecule has 0 aromatic heterocycles. The maximum atomic E-state index is 14.1. The van der Waals surface area contributed by atoms with Crippen molar-refractivity contribution >= 4 is 11.8 Å². The van der Waals surface area contributed by atoms with Gasteiger partial charge in [0.05, 0.1) is 0 Å². The van der Waals surface area contributed by atoms with E-state index in [1.807, 2.05) is 0 Å². The molecule has 0 radical (unpaired) electrons. The first-order chi connectivity index (χ1) is 13.5. The van der Waals surface area contributed by atoms with Crippen molar-refractivity contribution in [2.45, 2.75) is 37.2 Å². The van der Waals surface area contributed by atoms with Gasteiger partial charge in [0.1, 0.15) is 0 Å². The number of thioether (sulfide) groups is 1. The lowest BCUT2D eigenvalue weighted by atomic mass is 10.1. The molecule has 0 saturated heterocycles. The molecule has 0 spiro atoms. The molecule has 2 rings (SSSR count). The maximum absolute atomic E-state index is 14.1. The number of rotatable bonds is 6. The van der Waals surface area contributed by atoms with Gasteiger partial charge in [-0.3, -0.25) is 0 Å². The van der Waals surface area contributed by atoms with Gasteiger partial charge in [-0.05, 0) is 12.8 Å². The number of hydrogen-bond acceptors (Lipinski definition) is 1. The summed E-state index contributed by atoms with van der Waals surface area (Å²) in [6.07, 6.45) is -0.538. The van der Waals surface area contributed by atoms with Crippen LogP contribution in [0.5, 0.6) is 0 Å². The maximum Gasteiger partial charge on any atom is 0.200 e. The zero-order valence-electron chi connectivity index (χ0n) is 14.8. The SMILES string of the molecule is CCC(SC(CC)c1c(F)c(F)c(F)c(F)c1F)c1c(F)c(F)c(F)c(F)c1F. The first kappa shape index (κ1) is 23.4. The van der Waals surface area contributed by atoms with E-state index < -0.39 is 79.8 Å². The molecule has 2 aromatic carbocycles. The summed E-state index contributed by atoms with van der Waals surface area (Å²) >= 11 is 0.328. The Morgan fingerprint density at radius 3 is 0.862 bits per heavy atom. The highest BCUT2D eigenvalue weighted by Crippen LogP contribution is 2.48. The van der Waals surface area contributed by atoms with Gasteiger partial charge in [0.25, 0.3) is 0 Å². The Bertz CT molecular complexity index is 810. The predicted molar refractivity (Wildman–Crippen MR) is 86.1 cm³/mol. The minimum Gasteiger partial charge on any atom is -0.203 e. The second-order valence-electron chi connectivity index (χ2n) is 5.90. The molecule has 0 heterocycles. The van der Waals surface area contributed by atoms with Crippen LogP contribution in [0.25, 0.3) is 0 Å². The van der Waals surface area contributed by atoms with Crippen molar-refractivity contribution in [3.05, 3.63) is 69.3 Å². The average molecular weight is 450 g/mol. The Hall–Kier alpha value is -1.91. The first-order valence-electron chi connectivity index (χ1n) is 8.17. The average Bonchev–Trinajstić information content (AvgIpc) is 2.71. The van der Waals surface area contributed by atoms with E-state index in [9.17, 15) is 43.9 Å². The highest BCUT2D eigenvalue weighted by atomic mass is 32.2. The second kappa shape index (κ2) is 8.85. The van der Waals surface area contributed by atoms with E-state index >= 15 is 0 Å². The Morgan fingerprint density at radius 2 is 0.655 bits per heavy atom. The van der Waals surface area contributed by atoms with E-state index in [0.717, 1.165) is 0 Å². The van der Waals surface area contributed by atoms with Crippen molar-refractivity contribution in [2.75, 3.05) is 0 Å². The normalized spacial score (nSPS) is 13.7. The van der Waals surface area contributed by atoms with E-state index in [1.54, 1.807) is 0 Å². The zero-order valence-corrected chi connectivity index (χ0v) is 15.6. The number of halogens is 10. The van der Waals surface area contributed by atoms with Crippen molar-refractivity contribution in [3.63, 3.8) is 0 Å². The molecular formula is C18H12F10S. The molecule has 0 saturated carbocycles. The lowest BCUT2D eigenvalue weighted by molar-refractivity contribution is 0.367. The molecule has 2 atom stereocenters. The molecule has 2 aromatic rings. The smallest absolute Gasteiger partial charge is 0.200 e. The van der Waals surface area contributed by atoms with Crippen molar-refractivity contribution in [3.8, 4) is 0 Å². The van der Waals surface area contributed by atoms with Crippen LogP contribution >= 0.6 is 11.8 Å². The largest absolute Gasteiger partial charge is 0.203 e. The standard InChI is InChI=1S/C18H12F10S/c1-3-5(7-9(19)13(23)17(27)14(24)10(7)20)29-6(4-2)8-11(21)15(25)18(28)16(26)12(8)22/h5-6H,3-4H2,1-2H3. The summed E-state index contributed by atoms with van der Waals surface area (Å²) in [5.41, 5.74) is -2.48. The van der Waals surface area contributed by atoms with Crippen LogP contribution in [0.4, 0.5) is 43.9 Å². The van der Waals surface area contributed by atoms with E-state index in [-0.39, 0.29) is 12.8 Å². The molecule has 0 amide bonds. The van der Waals surface area contributed by atoms with Gasteiger partial charge in [-0.1, -0.05) is 13.8 Å². The van der Waals surface area contributed by atoms with Crippen molar-refractivity contribution < 1.29 is 43.9 Å². The monoisotopic (exact) mass is 450 g/mol. The van der Waals surface area contributed by atoms with Gasteiger partial charge >= 0.3 is 0 Å². The third-order valence-corrected chi connectivity index (χ3v) is 6.00. The minimum absolute atomic E-state index is 0.269. The van der Waals surface area contributed by atoms with Crippen LogP contribution in [0.15, 0.2) is 0 Å². The summed E-state index contributed by atoms with van der Waals surface area (Å²) in [7, 11) is 0. The lowest BCUT2D eigenvalue weighted by Crippen LogP contribution is -2.13. The van der Waals surface area contributed by atoms with Crippen LogP contribution in [0.2, 0.25) is 0 Å². The van der Waals surface area contributed by atoms with Crippen LogP contribution in [0, 0.1) is 58.2 Å². The summed E-state index contributed by atoms with van der Waals surface area (Å²) in [6.45, 7) is 2.59. The lowest BCUT2D eigenvalue weighted by Gasteiger charge is -2.24. The van der Waals surface area contributed by atoms with Gasteiger partial charge in [-0.25, -0.2) is 43.9 Å². The molecule has 0 bridgehead atoms. The highest BCUT2D eigenvalue weighted by Gasteiger charge is 2.35.